The molecule has 2 aromatic rings. The van der Waals surface area contributed by atoms with Crippen molar-refractivity contribution in [2.75, 3.05) is 0 Å². The maximum Gasteiger partial charge on any atom is 0.346 e. The number of carbonyl (C=O) groups excluding carboxylic acids is 4. The minimum Gasteiger partial charge on any atom is -0.386 e. The van der Waals surface area contributed by atoms with Crippen molar-refractivity contribution in [2.24, 2.45) is 0 Å². The van der Waals surface area contributed by atoms with Gasteiger partial charge in [-0.05, 0) is 38.1 Å². The van der Waals surface area contributed by atoms with Crippen LogP contribution in [0.2, 0.25) is 0 Å². The Hall–Kier alpha value is -3.08. The maximum absolute atomic E-state index is 11.9. The number of carbonyl (C=O) groups is 4. The van der Waals surface area contributed by atoms with E-state index in [2.05, 4.69) is 0 Å². The number of hydrogen-bond acceptors (Lipinski definition) is 5. The van der Waals surface area contributed by atoms with Crippen molar-refractivity contribution in [1.29, 1.82) is 0 Å². The predicted octanol–water partition coefficient (Wildman–Crippen LogP) is 3.09. The first-order valence-electron chi connectivity index (χ1n) is 6.87. The van der Waals surface area contributed by atoms with Gasteiger partial charge in [0.25, 0.3) is 0 Å². The minimum absolute atomic E-state index is 0.119. The summed E-state index contributed by atoms with van der Waals surface area (Å²) in [4.78, 5) is 46.1. The van der Waals surface area contributed by atoms with Gasteiger partial charge in [-0.3, -0.25) is 9.59 Å². The van der Waals surface area contributed by atoms with Crippen LogP contribution in [0, 0.1) is 0 Å². The molecule has 0 saturated carbocycles. The summed E-state index contributed by atoms with van der Waals surface area (Å²) in [6.45, 7) is 2.84. The predicted molar refractivity (Wildman–Crippen MR) is 82.6 cm³/mol. The zero-order valence-electron chi connectivity index (χ0n) is 12.7. The van der Waals surface area contributed by atoms with Crippen molar-refractivity contribution in [2.45, 2.75) is 13.8 Å². The lowest BCUT2D eigenvalue weighted by Crippen LogP contribution is -2.13. The quantitative estimate of drug-likeness (QED) is 0.492. The second-order valence-electron chi connectivity index (χ2n) is 4.94. The zero-order valence-corrected chi connectivity index (χ0v) is 12.7. The van der Waals surface area contributed by atoms with Gasteiger partial charge in [-0.1, -0.05) is 24.3 Å². The van der Waals surface area contributed by atoms with Gasteiger partial charge in [-0.25, -0.2) is 9.59 Å². The van der Waals surface area contributed by atoms with Crippen LogP contribution in [0.25, 0.3) is 0 Å². The molecule has 0 heterocycles. The molecule has 0 atom stereocenters. The summed E-state index contributed by atoms with van der Waals surface area (Å²) in [7, 11) is 0. The van der Waals surface area contributed by atoms with Crippen LogP contribution in [0.15, 0.2) is 48.5 Å². The van der Waals surface area contributed by atoms with E-state index in [1.54, 1.807) is 0 Å². The average Bonchev–Trinajstić information content (AvgIpc) is 2.54. The largest absolute Gasteiger partial charge is 0.386 e. The minimum atomic E-state index is -0.805. The molecule has 0 saturated heterocycles. The van der Waals surface area contributed by atoms with Crippen LogP contribution in [-0.2, 0) is 4.74 Å². The zero-order chi connectivity index (χ0) is 17.0. The summed E-state index contributed by atoms with van der Waals surface area (Å²) in [6.07, 6.45) is 0. The number of benzene rings is 2. The van der Waals surface area contributed by atoms with Gasteiger partial charge in [-0.15, -0.1) is 0 Å². The van der Waals surface area contributed by atoms with Crippen LogP contribution in [0.4, 0.5) is 0 Å². The fourth-order valence-electron chi connectivity index (χ4n) is 1.88. The van der Waals surface area contributed by atoms with Gasteiger partial charge in [0.05, 0.1) is 11.1 Å². The highest BCUT2D eigenvalue weighted by Gasteiger charge is 2.15. The topological polar surface area (TPSA) is 77.5 Å². The Morgan fingerprint density at radius 2 is 0.826 bits per heavy atom. The van der Waals surface area contributed by atoms with Gasteiger partial charge in [0.15, 0.2) is 11.6 Å². The first-order chi connectivity index (χ1) is 10.9. The van der Waals surface area contributed by atoms with E-state index < -0.39 is 11.9 Å². The van der Waals surface area contributed by atoms with Crippen molar-refractivity contribution in [3.8, 4) is 0 Å². The van der Waals surface area contributed by atoms with Crippen LogP contribution in [0.1, 0.15) is 55.3 Å². The van der Waals surface area contributed by atoms with E-state index in [0.717, 1.165) is 0 Å². The first kappa shape index (κ1) is 16.3. The lowest BCUT2D eigenvalue weighted by atomic mass is 10.1. The van der Waals surface area contributed by atoms with Crippen LogP contribution < -0.4 is 0 Å². The third-order valence-corrected chi connectivity index (χ3v) is 3.24. The van der Waals surface area contributed by atoms with E-state index >= 15 is 0 Å². The molecule has 2 aromatic carbocycles. The van der Waals surface area contributed by atoms with Crippen molar-refractivity contribution in [3.05, 3.63) is 70.8 Å². The summed E-state index contributed by atoms with van der Waals surface area (Å²) in [6, 6.07) is 11.7. The molecule has 0 fully saturated rings. The van der Waals surface area contributed by atoms with Gasteiger partial charge in [-0.2, -0.15) is 0 Å². The molecular weight excluding hydrogens is 296 g/mol. The molecule has 0 amide bonds. The smallest absolute Gasteiger partial charge is 0.346 e. The van der Waals surface area contributed by atoms with E-state index in [-0.39, 0.29) is 22.7 Å². The monoisotopic (exact) mass is 310 g/mol. The highest BCUT2D eigenvalue weighted by Crippen LogP contribution is 2.10. The maximum atomic E-state index is 11.9. The van der Waals surface area contributed by atoms with Gasteiger partial charge < -0.3 is 4.74 Å². The fraction of sp³-hybridized carbons (Fsp3) is 0.111. The second-order valence-corrected chi connectivity index (χ2v) is 4.94. The lowest BCUT2D eigenvalue weighted by molar-refractivity contribution is 0.0397. The van der Waals surface area contributed by atoms with E-state index in [0.29, 0.717) is 11.1 Å². The van der Waals surface area contributed by atoms with Crippen LogP contribution in [0.3, 0.4) is 0 Å². The van der Waals surface area contributed by atoms with Gasteiger partial charge >= 0.3 is 11.9 Å². The van der Waals surface area contributed by atoms with E-state index in [9.17, 15) is 19.2 Å². The van der Waals surface area contributed by atoms with Crippen LogP contribution in [-0.4, -0.2) is 23.5 Å². The highest BCUT2D eigenvalue weighted by molar-refractivity contribution is 6.03. The van der Waals surface area contributed by atoms with E-state index in [1.807, 2.05) is 0 Å². The van der Waals surface area contributed by atoms with E-state index in [4.69, 9.17) is 4.74 Å². The number of rotatable bonds is 4. The average molecular weight is 310 g/mol. The number of esters is 2. The van der Waals surface area contributed by atoms with Crippen molar-refractivity contribution < 1.29 is 23.9 Å². The van der Waals surface area contributed by atoms with Crippen LogP contribution in [0.5, 0.6) is 0 Å². The molecule has 116 valence electrons. The molecule has 5 nitrogen and oxygen atoms in total. The van der Waals surface area contributed by atoms with Gasteiger partial charge in [0.1, 0.15) is 0 Å². The Morgan fingerprint density at radius 1 is 0.565 bits per heavy atom. The number of Topliss-reactive ketones (excluding diaryl/α,β-unsaturated/α-hetero) is 2. The van der Waals surface area contributed by atoms with Gasteiger partial charge in [0, 0.05) is 11.1 Å². The Bertz CT molecular complexity index is 703. The van der Waals surface area contributed by atoms with Crippen molar-refractivity contribution in [3.63, 3.8) is 0 Å². The molecule has 5 heteroatoms. The highest BCUT2D eigenvalue weighted by atomic mass is 16.6. The van der Waals surface area contributed by atoms with E-state index in [1.165, 1.54) is 62.4 Å². The lowest BCUT2D eigenvalue weighted by Gasteiger charge is -2.04. The summed E-state index contributed by atoms with van der Waals surface area (Å²) in [5.74, 6) is -1.85. The molecule has 0 N–H and O–H groups in total. The Balaban J connectivity index is 2.08. The Labute approximate surface area is 132 Å². The van der Waals surface area contributed by atoms with Crippen molar-refractivity contribution >= 4 is 23.5 Å². The molecule has 0 radical (unpaired) electrons. The molecule has 0 aliphatic heterocycles. The summed E-state index contributed by atoms with van der Waals surface area (Å²) < 4.78 is 4.78. The van der Waals surface area contributed by atoms with Crippen molar-refractivity contribution in [1.82, 2.24) is 0 Å². The summed E-state index contributed by atoms with van der Waals surface area (Å²) in [5.41, 5.74) is 1.27. The molecule has 0 unspecified atom stereocenters. The Morgan fingerprint density at radius 3 is 1.09 bits per heavy atom. The second kappa shape index (κ2) is 6.79. The third kappa shape index (κ3) is 3.97. The number of ether oxygens (including phenoxy) is 1. The summed E-state index contributed by atoms with van der Waals surface area (Å²) in [5, 5.41) is 0. The number of ketones is 2. The molecular formula is C18H14O5. The molecule has 0 aromatic heterocycles. The molecule has 0 aliphatic carbocycles. The SMILES string of the molecule is CC(=O)c1ccc(C(=O)OC(=O)c2ccc(C(C)=O)cc2)cc1. The molecule has 0 aliphatic rings. The number of hydrogen-bond donors (Lipinski definition) is 0. The van der Waals surface area contributed by atoms with Gasteiger partial charge in [0.2, 0.25) is 0 Å². The van der Waals surface area contributed by atoms with Crippen LogP contribution >= 0.6 is 0 Å². The molecule has 0 bridgehead atoms. The molecule has 0 spiro atoms. The molecule has 23 heavy (non-hydrogen) atoms. The Kier molecular flexibility index (Phi) is 4.81. The first-order valence-corrected chi connectivity index (χ1v) is 6.87. The third-order valence-electron chi connectivity index (χ3n) is 3.24. The fourth-order valence-corrected chi connectivity index (χ4v) is 1.88. The summed E-state index contributed by atoms with van der Waals surface area (Å²) >= 11 is 0. The standard InChI is InChI=1S/C18H14O5/c1-11(19)13-3-7-15(8-4-13)17(21)23-18(22)16-9-5-14(6-10-16)12(2)20/h3-10H,1-2H3. The molecule has 2 rings (SSSR count). The normalized spacial score (nSPS) is 10.0.